The molecule has 21 heteroatoms. The van der Waals surface area contributed by atoms with Crippen LogP contribution in [0.3, 0.4) is 0 Å². The number of hydrogen-bond acceptors (Lipinski definition) is 16. The van der Waals surface area contributed by atoms with E-state index < -0.39 is 47.7 Å². The summed E-state index contributed by atoms with van der Waals surface area (Å²) in [5, 5.41) is 18.6. The van der Waals surface area contributed by atoms with Crippen LogP contribution in [-0.2, 0) is 35.1 Å². The average molecular weight is 1280 g/mol. The molecule has 0 spiro atoms. The third-order valence-electron chi connectivity index (χ3n) is 21.2. The first kappa shape index (κ1) is 63.3. The van der Waals surface area contributed by atoms with Crippen LogP contribution in [0, 0.1) is 24.1 Å². The third-order valence-corrected chi connectivity index (χ3v) is 21.2. The number of carbonyl (C=O) groups is 6. The van der Waals surface area contributed by atoms with E-state index in [2.05, 4.69) is 16.3 Å². The molecule has 7 aliphatic heterocycles. The minimum atomic E-state index is -1.11. The van der Waals surface area contributed by atoms with Crippen LogP contribution < -0.4 is 20.6 Å². The van der Waals surface area contributed by atoms with Gasteiger partial charge in [0.2, 0.25) is 0 Å². The van der Waals surface area contributed by atoms with Gasteiger partial charge in [0.05, 0.1) is 53.2 Å². The lowest BCUT2D eigenvalue weighted by molar-refractivity contribution is -0.121. The Labute approximate surface area is 546 Å². The zero-order valence-corrected chi connectivity index (χ0v) is 54.3. The van der Waals surface area contributed by atoms with Crippen LogP contribution in [-0.4, -0.2) is 159 Å². The van der Waals surface area contributed by atoms with Crippen LogP contribution in [0.2, 0.25) is 0 Å². The highest BCUT2D eigenvalue weighted by Gasteiger charge is 2.49. The summed E-state index contributed by atoms with van der Waals surface area (Å²) in [6.45, 7) is 17.0. The van der Waals surface area contributed by atoms with Crippen LogP contribution in [0.5, 0.6) is 5.75 Å². The van der Waals surface area contributed by atoms with Gasteiger partial charge in [-0.25, -0.2) is 18.9 Å². The highest BCUT2D eigenvalue weighted by Crippen LogP contribution is 2.50. The number of piperidine rings is 1. The number of nitrogens with one attached hydrogen (secondary N) is 2. The van der Waals surface area contributed by atoms with E-state index in [1.165, 1.54) is 0 Å². The summed E-state index contributed by atoms with van der Waals surface area (Å²) in [7, 11) is 0. The van der Waals surface area contributed by atoms with Gasteiger partial charge in [-0.1, -0.05) is 31.7 Å². The molecule has 1 aromatic heterocycles. The van der Waals surface area contributed by atoms with Gasteiger partial charge in [0.25, 0.3) is 17.7 Å². The van der Waals surface area contributed by atoms with Crippen LogP contribution in [0.4, 0.5) is 14.9 Å². The lowest BCUT2D eigenvalue weighted by Gasteiger charge is -2.38. The smallest absolute Gasteiger partial charge is 0.410 e. The van der Waals surface area contributed by atoms with Gasteiger partial charge in [-0.15, -0.1) is 0 Å². The molecule has 5 aromatic rings. The molecule has 5 saturated heterocycles. The third kappa shape index (κ3) is 12.1. The second-order valence-corrected chi connectivity index (χ2v) is 27.8. The van der Waals surface area contributed by atoms with Crippen LogP contribution in [0.15, 0.2) is 77.9 Å². The van der Waals surface area contributed by atoms with Crippen LogP contribution >= 0.6 is 0 Å². The van der Waals surface area contributed by atoms with Crippen molar-refractivity contribution in [3.8, 4) is 16.9 Å². The SMILES string of the molecule is C=C1CC(N2C[C@@H]3C[C@H]2CN3C(=O)OC(C)(C)CC)=c2cc(C3CC3)c(-c3c(C)c(F)cc4c3cnn4C3CCCCO3)c(OCc3ccc(C(=O)N4CCC(CNc5cccc6c5C(=O)N(C5CCC(=O)C(=N)CC5=O)C6=O)CC4)cc3)c2=NC1OC1CCCOCC1. The number of benzene rings is 4. The van der Waals surface area contributed by atoms with E-state index in [-0.39, 0.29) is 90.4 Å². The van der Waals surface area contributed by atoms with Crippen molar-refractivity contribution in [3.63, 3.8) is 0 Å². The molecule has 4 amide bonds. The highest BCUT2D eigenvalue weighted by molar-refractivity contribution is 6.42. The van der Waals surface area contributed by atoms with Crippen molar-refractivity contribution in [2.24, 2.45) is 10.9 Å². The van der Waals surface area contributed by atoms with Crippen molar-refractivity contribution in [2.45, 2.75) is 185 Å². The Morgan fingerprint density at radius 1 is 0.872 bits per heavy atom. The number of anilines is 1. The first-order chi connectivity index (χ1) is 45.4. The Hall–Kier alpha value is -8.14. The second-order valence-electron chi connectivity index (χ2n) is 27.8. The van der Waals surface area contributed by atoms with Crippen molar-refractivity contribution in [1.29, 1.82) is 5.41 Å². The topological polar surface area (TPSA) is 228 Å². The standard InChI is InChI=1S/C73H84FN9O11/c1-6-73(4,5)94-72(89)81-39-47-32-48(81)38-80(47)58-31-41(2)68(93-49-11-10-28-90-30-25-49)78-66-52(58)33-51(45-19-20-45)65(63-42(3)54(74)34-59-53(63)37-77-83(59)62-14-7-8-29-91-62)67(66)92-40-44-15-17-46(18-16-44)69(86)79-26-23-43(24-27-79)36-76-56-13-9-12-50-64(56)71(88)82(70(50)87)57-21-22-60(84)55(75)35-61(57)85/h9,12-13,15-18,33-34,37,43,45,47-49,57,62,68,75-76H,2,6-8,10-11,14,19-32,35-36,38-40H2,1,3-5H3/t47-,48-,49?,57?,62?,68?/m0/s1. The number of fused-ring (bicyclic) bond motifs is 5. The van der Waals surface area contributed by atoms with Crippen molar-refractivity contribution in [3.05, 3.63) is 123 Å². The zero-order valence-electron chi connectivity index (χ0n) is 54.3. The molecule has 2 bridgehead atoms. The molecular weight excluding hydrogens is 1200 g/mol. The monoisotopic (exact) mass is 1280 g/mol. The number of Topliss-reactive ketones (excluding diaryl/α,β-unsaturated/α-hetero) is 2. The van der Waals surface area contributed by atoms with Gasteiger partial charge in [-0.2, -0.15) is 5.10 Å². The number of ether oxygens (including phenoxy) is 5. The van der Waals surface area contributed by atoms with Gasteiger partial charge < -0.3 is 49.1 Å². The maximum absolute atomic E-state index is 17.1. The fraction of sp³-hybridized carbons (Fsp3) is 0.521. The van der Waals surface area contributed by atoms with Gasteiger partial charge in [-0.3, -0.25) is 28.9 Å². The van der Waals surface area contributed by atoms with Crippen LogP contribution in [0.1, 0.15) is 183 Å². The Morgan fingerprint density at radius 2 is 1.68 bits per heavy atom. The molecule has 4 unspecified atom stereocenters. The van der Waals surface area contributed by atoms with Gasteiger partial charge in [0.15, 0.2) is 29.8 Å². The number of piperazine rings is 1. The largest absolute Gasteiger partial charge is 0.486 e. The first-order valence-corrected chi connectivity index (χ1v) is 34.0. The summed E-state index contributed by atoms with van der Waals surface area (Å²) in [4.78, 5) is 94.0. The summed E-state index contributed by atoms with van der Waals surface area (Å²) in [5.41, 5.74) is 6.71. The fourth-order valence-corrected chi connectivity index (χ4v) is 15.3. The molecular formula is C73H84FN9O11. The molecule has 9 aliphatic rings. The number of aromatic nitrogens is 2. The number of hydrogen-bond donors (Lipinski definition) is 2. The molecule has 2 aliphatic carbocycles. The van der Waals surface area contributed by atoms with Crippen molar-refractivity contribution in [2.75, 3.05) is 57.9 Å². The molecule has 20 nitrogen and oxygen atoms in total. The first-order valence-electron chi connectivity index (χ1n) is 34.0. The summed E-state index contributed by atoms with van der Waals surface area (Å²) in [6.07, 6.45) is 10.0. The summed E-state index contributed by atoms with van der Waals surface area (Å²) >= 11 is 0. The molecule has 2 saturated carbocycles. The molecule has 494 valence electrons. The molecule has 6 atom stereocenters. The van der Waals surface area contributed by atoms with E-state index in [0.29, 0.717) is 124 Å². The Balaban J connectivity index is 0.765. The van der Waals surface area contributed by atoms with Crippen molar-refractivity contribution < 1.29 is 56.8 Å². The minimum Gasteiger partial charge on any atom is -0.486 e. The predicted octanol–water partition coefficient (Wildman–Crippen LogP) is 10.3. The fourth-order valence-electron chi connectivity index (χ4n) is 15.3. The maximum atomic E-state index is 17.1. The molecule has 94 heavy (non-hydrogen) atoms. The van der Waals surface area contributed by atoms with Crippen molar-refractivity contribution >= 4 is 63.4 Å². The molecule has 7 fully saturated rings. The van der Waals surface area contributed by atoms with Gasteiger partial charge >= 0.3 is 6.09 Å². The Morgan fingerprint density at radius 3 is 2.43 bits per heavy atom. The van der Waals surface area contributed by atoms with E-state index in [9.17, 15) is 28.8 Å². The zero-order chi connectivity index (χ0) is 65.3. The summed E-state index contributed by atoms with van der Waals surface area (Å²) in [6, 6.07) is 15.2. The van der Waals surface area contributed by atoms with E-state index in [1.807, 2.05) is 72.6 Å². The maximum Gasteiger partial charge on any atom is 0.410 e. The number of halogens is 1. The molecule has 0 radical (unpaired) electrons. The summed E-state index contributed by atoms with van der Waals surface area (Å²) in [5.74, 6) is -1.81. The number of nitrogens with zero attached hydrogens (tertiary/aromatic N) is 7. The number of likely N-dealkylation sites (tertiary alicyclic amines) is 3. The van der Waals surface area contributed by atoms with Crippen LogP contribution in [0.25, 0.3) is 27.7 Å². The van der Waals surface area contributed by atoms with E-state index in [4.69, 9.17) is 45.8 Å². The molecule has 14 rings (SSSR count). The van der Waals surface area contributed by atoms with Crippen molar-refractivity contribution in [1.82, 2.24) is 29.4 Å². The number of imide groups is 1. The Bertz CT molecular complexity index is 4040. The molecule has 2 N–H and O–H groups in total. The van der Waals surface area contributed by atoms with Gasteiger partial charge in [0.1, 0.15) is 23.4 Å². The molecule has 8 heterocycles. The lowest BCUT2D eigenvalue weighted by Crippen LogP contribution is -2.51. The number of carbonyl (C=O) groups excluding carboxylic acids is 6. The quantitative estimate of drug-likeness (QED) is 0.0532. The average Bonchev–Trinajstić information content (AvgIpc) is 1.45. The number of amides is 4. The van der Waals surface area contributed by atoms with E-state index >= 15 is 4.39 Å². The number of ketones is 2. The van der Waals surface area contributed by atoms with E-state index in [0.717, 1.165) is 94.8 Å². The van der Waals surface area contributed by atoms with Gasteiger partial charge in [-0.05, 0) is 169 Å². The number of rotatable bonds is 16. The normalized spacial score (nSPS) is 24.5. The van der Waals surface area contributed by atoms with E-state index in [1.54, 1.807) is 24.3 Å². The molecule has 4 aromatic carbocycles. The predicted molar refractivity (Wildman–Crippen MR) is 349 cm³/mol. The minimum absolute atomic E-state index is 0.00212. The highest BCUT2D eigenvalue weighted by atomic mass is 19.1. The summed E-state index contributed by atoms with van der Waals surface area (Å²) < 4.78 is 51.7. The Kier molecular flexibility index (Phi) is 17.4. The lowest BCUT2D eigenvalue weighted by atomic mass is 9.88. The second kappa shape index (κ2) is 25.9. The van der Waals surface area contributed by atoms with Gasteiger partial charge in [0, 0.05) is 116 Å².